The molecule has 0 amide bonds. The summed E-state index contributed by atoms with van der Waals surface area (Å²) in [5.41, 5.74) is 8.16. The van der Waals surface area contributed by atoms with Crippen molar-refractivity contribution in [2.45, 2.75) is 20.3 Å². The highest BCUT2D eigenvalue weighted by molar-refractivity contribution is 5.71. The summed E-state index contributed by atoms with van der Waals surface area (Å²) in [6.07, 6.45) is 0.554. The molecule has 0 saturated heterocycles. The van der Waals surface area contributed by atoms with Crippen LogP contribution in [0.25, 0.3) is 5.70 Å². The standard InChI is InChI=1S/C12H13FN2/c1-3-9(7-14)12(15)11-6-10(13)5-4-8(11)2/h4-6H,3,15H2,1-2H3/b12-9-. The van der Waals surface area contributed by atoms with Crippen molar-refractivity contribution in [1.29, 1.82) is 5.26 Å². The van der Waals surface area contributed by atoms with E-state index >= 15 is 0 Å². The van der Waals surface area contributed by atoms with Gasteiger partial charge in [-0.2, -0.15) is 5.26 Å². The molecule has 0 heterocycles. The monoisotopic (exact) mass is 204 g/mol. The van der Waals surface area contributed by atoms with Gasteiger partial charge < -0.3 is 5.73 Å². The van der Waals surface area contributed by atoms with Crippen LogP contribution in [0.5, 0.6) is 0 Å². The number of hydrogen-bond donors (Lipinski definition) is 1. The Morgan fingerprint density at radius 1 is 1.53 bits per heavy atom. The van der Waals surface area contributed by atoms with Crippen molar-refractivity contribution in [2.24, 2.45) is 5.73 Å². The second-order valence-corrected chi connectivity index (χ2v) is 3.32. The molecule has 0 aliphatic heterocycles. The Labute approximate surface area is 88.8 Å². The molecule has 2 nitrogen and oxygen atoms in total. The van der Waals surface area contributed by atoms with E-state index in [9.17, 15) is 4.39 Å². The van der Waals surface area contributed by atoms with E-state index in [1.165, 1.54) is 12.1 Å². The van der Waals surface area contributed by atoms with E-state index in [1.807, 2.05) is 19.9 Å². The fourth-order valence-electron chi connectivity index (χ4n) is 1.38. The molecule has 0 aliphatic carbocycles. The van der Waals surface area contributed by atoms with Crippen molar-refractivity contribution in [2.75, 3.05) is 0 Å². The summed E-state index contributed by atoms with van der Waals surface area (Å²) >= 11 is 0. The van der Waals surface area contributed by atoms with Gasteiger partial charge in [-0.3, -0.25) is 0 Å². The zero-order valence-corrected chi connectivity index (χ0v) is 8.84. The van der Waals surface area contributed by atoms with Gasteiger partial charge in [0.05, 0.1) is 17.3 Å². The van der Waals surface area contributed by atoms with E-state index < -0.39 is 0 Å². The highest BCUT2D eigenvalue weighted by Gasteiger charge is 2.07. The number of allylic oxidation sites excluding steroid dienone is 1. The molecule has 2 N–H and O–H groups in total. The maximum Gasteiger partial charge on any atom is 0.123 e. The summed E-state index contributed by atoms with van der Waals surface area (Å²) in [6.45, 7) is 3.69. The molecule has 1 rings (SSSR count). The van der Waals surface area contributed by atoms with E-state index in [1.54, 1.807) is 6.07 Å². The SMILES string of the molecule is CC/C(C#N)=C(/N)c1cc(F)ccc1C. The smallest absolute Gasteiger partial charge is 0.123 e. The number of nitriles is 1. The normalized spacial score (nSPS) is 11.9. The second kappa shape index (κ2) is 4.61. The largest absolute Gasteiger partial charge is 0.397 e. The average Bonchev–Trinajstić information content (AvgIpc) is 2.23. The van der Waals surface area contributed by atoms with Crippen LogP contribution in [0.3, 0.4) is 0 Å². The van der Waals surface area contributed by atoms with Gasteiger partial charge in [-0.15, -0.1) is 0 Å². The van der Waals surface area contributed by atoms with Gasteiger partial charge in [0.15, 0.2) is 0 Å². The number of nitrogens with zero attached hydrogens (tertiary/aromatic N) is 1. The minimum Gasteiger partial charge on any atom is -0.397 e. The number of hydrogen-bond acceptors (Lipinski definition) is 2. The van der Waals surface area contributed by atoms with E-state index in [2.05, 4.69) is 0 Å². The molecule has 1 aromatic carbocycles. The van der Waals surface area contributed by atoms with Crippen LogP contribution >= 0.6 is 0 Å². The highest BCUT2D eigenvalue weighted by atomic mass is 19.1. The molecule has 0 radical (unpaired) electrons. The summed E-state index contributed by atoms with van der Waals surface area (Å²) in [5, 5.41) is 8.84. The average molecular weight is 204 g/mol. The topological polar surface area (TPSA) is 49.8 Å². The quantitative estimate of drug-likeness (QED) is 0.753. The molecule has 0 unspecified atom stereocenters. The van der Waals surface area contributed by atoms with Crippen molar-refractivity contribution in [3.05, 3.63) is 40.7 Å². The molecular formula is C12H13FN2. The Morgan fingerprint density at radius 2 is 2.20 bits per heavy atom. The molecule has 0 aliphatic rings. The summed E-state index contributed by atoms with van der Waals surface area (Å²) in [6, 6.07) is 6.42. The van der Waals surface area contributed by atoms with Crippen LogP contribution in [-0.4, -0.2) is 0 Å². The first-order valence-electron chi connectivity index (χ1n) is 4.75. The third kappa shape index (κ3) is 2.35. The Balaban J connectivity index is 3.34. The first kappa shape index (κ1) is 11.3. The maximum absolute atomic E-state index is 13.0. The summed E-state index contributed by atoms with van der Waals surface area (Å²) < 4.78 is 13.0. The molecule has 0 saturated carbocycles. The number of aryl methyl sites for hydroxylation is 1. The lowest BCUT2D eigenvalue weighted by Gasteiger charge is -2.07. The predicted octanol–water partition coefficient (Wildman–Crippen LogP) is 2.74. The van der Waals surface area contributed by atoms with Gasteiger partial charge in [-0.1, -0.05) is 13.0 Å². The van der Waals surface area contributed by atoms with E-state index in [0.717, 1.165) is 5.56 Å². The Kier molecular flexibility index (Phi) is 3.46. The number of benzene rings is 1. The summed E-state index contributed by atoms with van der Waals surface area (Å²) in [5.74, 6) is -0.341. The van der Waals surface area contributed by atoms with Gasteiger partial charge in [0.2, 0.25) is 0 Å². The lowest BCUT2D eigenvalue weighted by molar-refractivity contribution is 0.627. The van der Waals surface area contributed by atoms with Crippen LogP contribution in [0.1, 0.15) is 24.5 Å². The summed E-state index contributed by atoms with van der Waals surface area (Å²) in [7, 11) is 0. The molecular weight excluding hydrogens is 191 g/mol. The van der Waals surface area contributed by atoms with Crippen LogP contribution in [0, 0.1) is 24.1 Å². The van der Waals surface area contributed by atoms with Crippen molar-refractivity contribution in [1.82, 2.24) is 0 Å². The predicted molar refractivity (Wildman–Crippen MR) is 58.1 cm³/mol. The van der Waals surface area contributed by atoms with Crippen LogP contribution in [0.2, 0.25) is 0 Å². The number of halogens is 1. The highest BCUT2D eigenvalue weighted by Crippen LogP contribution is 2.20. The van der Waals surface area contributed by atoms with Gasteiger partial charge >= 0.3 is 0 Å². The Hall–Kier alpha value is -1.82. The fraction of sp³-hybridized carbons (Fsp3) is 0.250. The second-order valence-electron chi connectivity index (χ2n) is 3.32. The van der Waals surface area contributed by atoms with Crippen LogP contribution in [0.15, 0.2) is 23.8 Å². The van der Waals surface area contributed by atoms with Crippen molar-refractivity contribution < 1.29 is 4.39 Å². The molecule has 15 heavy (non-hydrogen) atoms. The zero-order valence-electron chi connectivity index (χ0n) is 8.84. The van der Waals surface area contributed by atoms with E-state index in [-0.39, 0.29) is 5.82 Å². The zero-order chi connectivity index (χ0) is 11.4. The molecule has 3 heteroatoms. The van der Waals surface area contributed by atoms with Gasteiger partial charge in [0.25, 0.3) is 0 Å². The molecule has 0 fully saturated rings. The van der Waals surface area contributed by atoms with Crippen LogP contribution < -0.4 is 5.73 Å². The van der Waals surface area contributed by atoms with Crippen LogP contribution in [-0.2, 0) is 0 Å². The number of nitrogens with two attached hydrogens (primary N) is 1. The minimum absolute atomic E-state index is 0.341. The molecule has 0 spiro atoms. The van der Waals surface area contributed by atoms with Crippen molar-refractivity contribution >= 4 is 5.70 Å². The van der Waals surface area contributed by atoms with E-state index in [4.69, 9.17) is 11.0 Å². The molecule has 0 atom stereocenters. The molecule has 1 aromatic rings. The molecule has 0 bridgehead atoms. The minimum atomic E-state index is -0.341. The molecule has 78 valence electrons. The lowest BCUT2D eigenvalue weighted by atomic mass is 10.0. The fourth-order valence-corrected chi connectivity index (χ4v) is 1.38. The van der Waals surface area contributed by atoms with Gasteiger partial charge in [0, 0.05) is 5.56 Å². The van der Waals surface area contributed by atoms with E-state index in [0.29, 0.717) is 23.3 Å². The number of rotatable bonds is 2. The first-order chi connectivity index (χ1) is 7.10. The third-order valence-corrected chi connectivity index (χ3v) is 2.30. The van der Waals surface area contributed by atoms with Gasteiger partial charge in [0.1, 0.15) is 5.82 Å². The lowest BCUT2D eigenvalue weighted by Crippen LogP contribution is -2.03. The van der Waals surface area contributed by atoms with Crippen molar-refractivity contribution in [3.8, 4) is 6.07 Å². The van der Waals surface area contributed by atoms with Gasteiger partial charge in [-0.25, -0.2) is 4.39 Å². The molecule has 0 aromatic heterocycles. The van der Waals surface area contributed by atoms with Crippen molar-refractivity contribution in [3.63, 3.8) is 0 Å². The first-order valence-corrected chi connectivity index (χ1v) is 4.75. The maximum atomic E-state index is 13.0. The Bertz CT molecular complexity index is 441. The summed E-state index contributed by atoms with van der Waals surface area (Å²) in [4.78, 5) is 0. The van der Waals surface area contributed by atoms with Gasteiger partial charge in [-0.05, 0) is 31.0 Å². The Morgan fingerprint density at radius 3 is 2.73 bits per heavy atom. The third-order valence-electron chi connectivity index (χ3n) is 2.30. The van der Waals surface area contributed by atoms with Crippen LogP contribution in [0.4, 0.5) is 4.39 Å².